The van der Waals surface area contributed by atoms with Gasteiger partial charge in [-0.25, -0.2) is 9.97 Å². The molecule has 0 spiro atoms. The van der Waals surface area contributed by atoms with Crippen LogP contribution in [0.1, 0.15) is 19.2 Å². The smallest absolute Gasteiger partial charge is 0.161 e. The molecule has 3 rings (SSSR count). The Morgan fingerprint density at radius 3 is 2.71 bits per heavy atom. The average Bonchev–Trinajstić information content (AvgIpc) is 3.19. The molecule has 3 aromatic rings. The maximum atomic E-state index is 4.33. The Labute approximate surface area is 123 Å². The third-order valence-corrected chi connectivity index (χ3v) is 3.49. The summed E-state index contributed by atoms with van der Waals surface area (Å²) in [4.78, 5) is 8.60. The molecule has 0 aliphatic carbocycles. The van der Waals surface area contributed by atoms with Gasteiger partial charge in [0, 0.05) is 51.3 Å². The van der Waals surface area contributed by atoms with Gasteiger partial charge >= 0.3 is 0 Å². The molecule has 3 aromatic heterocycles. The Bertz CT molecular complexity index is 706. The molecule has 3 heterocycles. The van der Waals surface area contributed by atoms with Gasteiger partial charge in [-0.2, -0.15) is 0 Å². The highest BCUT2D eigenvalue weighted by Crippen LogP contribution is 2.12. The van der Waals surface area contributed by atoms with Gasteiger partial charge < -0.3 is 9.13 Å². The SMILES string of the molecule is CCc1nccn1CCCn1cc(-c2nccn2C)nn1. The lowest BCUT2D eigenvalue weighted by atomic mass is 10.4. The third-order valence-electron chi connectivity index (χ3n) is 3.49. The van der Waals surface area contributed by atoms with E-state index in [1.54, 1.807) is 6.20 Å². The molecular weight excluding hydrogens is 266 g/mol. The van der Waals surface area contributed by atoms with Crippen molar-refractivity contribution in [2.45, 2.75) is 32.9 Å². The molecule has 0 saturated heterocycles. The summed E-state index contributed by atoms with van der Waals surface area (Å²) < 4.78 is 6.00. The van der Waals surface area contributed by atoms with Crippen molar-refractivity contribution in [3.63, 3.8) is 0 Å². The highest BCUT2D eigenvalue weighted by Gasteiger charge is 2.08. The molecule has 110 valence electrons. The molecule has 0 amide bonds. The summed E-state index contributed by atoms with van der Waals surface area (Å²) in [5.74, 6) is 1.96. The van der Waals surface area contributed by atoms with E-state index in [9.17, 15) is 0 Å². The zero-order chi connectivity index (χ0) is 14.7. The summed E-state index contributed by atoms with van der Waals surface area (Å²) in [5.41, 5.74) is 0.805. The number of hydrogen-bond acceptors (Lipinski definition) is 4. The zero-order valence-electron chi connectivity index (χ0n) is 12.3. The first-order valence-electron chi connectivity index (χ1n) is 7.15. The molecular formula is C14H19N7. The molecule has 0 fully saturated rings. The molecule has 0 atom stereocenters. The van der Waals surface area contributed by atoms with E-state index in [0.29, 0.717) is 0 Å². The second-order valence-corrected chi connectivity index (χ2v) is 4.97. The fourth-order valence-electron chi connectivity index (χ4n) is 2.38. The summed E-state index contributed by atoms with van der Waals surface area (Å²) in [6, 6.07) is 0. The van der Waals surface area contributed by atoms with Crippen LogP contribution in [0.25, 0.3) is 11.5 Å². The van der Waals surface area contributed by atoms with Gasteiger partial charge in [0.25, 0.3) is 0 Å². The molecule has 7 heteroatoms. The van der Waals surface area contributed by atoms with Crippen molar-refractivity contribution in [2.24, 2.45) is 7.05 Å². The number of rotatable bonds is 6. The van der Waals surface area contributed by atoms with E-state index in [0.717, 1.165) is 43.3 Å². The first-order valence-corrected chi connectivity index (χ1v) is 7.15. The lowest BCUT2D eigenvalue weighted by molar-refractivity contribution is 0.507. The van der Waals surface area contributed by atoms with Crippen molar-refractivity contribution >= 4 is 0 Å². The van der Waals surface area contributed by atoms with E-state index < -0.39 is 0 Å². The molecule has 0 N–H and O–H groups in total. The van der Waals surface area contributed by atoms with E-state index in [-0.39, 0.29) is 0 Å². The minimum atomic E-state index is 0.805. The van der Waals surface area contributed by atoms with Crippen LogP contribution in [0.5, 0.6) is 0 Å². The average molecular weight is 285 g/mol. The van der Waals surface area contributed by atoms with Gasteiger partial charge in [0.2, 0.25) is 0 Å². The topological polar surface area (TPSA) is 66.3 Å². The lowest BCUT2D eigenvalue weighted by Gasteiger charge is -2.05. The number of aromatic nitrogens is 7. The fourth-order valence-corrected chi connectivity index (χ4v) is 2.38. The Morgan fingerprint density at radius 1 is 1.10 bits per heavy atom. The largest absolute Gasteiger partial charge is 0.335 e. The first kappa shape index (κ1) is 13.5. The molecule has 21 heavy (non-hydrogen) atoms. The van der Waals surface area contributed by atoms with E-state index >= 15 is 0 Å². The summed E-state index contributed by atoms with van der Waals surface area (Å²) in [7, 11) is 1.95. The minimum absolute atomic E-state index is 0.805. The second kappa shape index (κ2) is 5.90. The quantitative estimate of drug-likeness (QED) is 0.689. The molecule has 0 saturated carbocycles. The van der Waals surface area contributed by atoms with Crippen LogP contribution in [0.15, 0.2) is 31.0 Å². The summed E-state index contributed by atoms with van der Waals surface area (Å²) in [6.45, 7) is 3.90. The Kier molecular flexibility index (Phi) is 3.81. The van der Waals surface area contributed by atoms with Crippen LogP contribution in [-0.2, 0) is 26.6 Å². The van der Waals surface area contributed by atoms with Crippen molar-refractivity contribution in [1.29, 1.82) is 0 Å². The number of imidazole rings is 2. The van der Waals surface area contributed by atoms with Crippen LogP contribution >= 0.6 is 0 Å². The van der Waals surface area contributed by atoms with E-state index in [2.05, 4.69) is 31.8 Å². The molecule has 7 nitrogen and oxygen atoms in total. The van der Waals surface area contributed by atoms with Crippen LogP contribution in [0, 0.1) is 0 Å². The number of hydrogen-bond donors (Lipinski definition) is 0. The predicted octanol–water partition coefficient (Wildman–Crippen LogP) is 1.53. The van der Waals surface area contributed by atoms with Gasteiger partial charge in [0.15, 0.2) is 5.82 Å². The molecule has 0 unspecified atom stereocenters. The normalized spacial score (nSPS) is 11.1. The molecule has 0 radical (unpaired) electrons. The van der Waals surface area contributed by atoms with E-state index in [1.807, 2.05) is 41.1 Å². The number of aryl methyl sites for hydroxylation is 4. The highest BCUT2D eigenvalue weighted by molar-refractivity contribution is 5.46. The molecule has 0 aliphatic heterocycles. The van der Waals surface area contributed by atoms with Gasteiger partial charge in [-0.1, -0.05) is 12.1 Å². The van der Waals surface area contributed by atoms with E-state index in [4.69, 9.17) is 0 Å². The van der Waals surface area contributed by atoms with Gasteiger partial charge in [0.1, 0.15) is 11.5 Å². The van der Waals surface area contributed by atoms with Crippen LogP contribution in [-0.4, -0.2) is 34.1 Å². The standard InChI is InChI=1S/C14H19N7/c1-3-13-15-6-10-20(13)7-4-8-21-11-12(17-18-21)14-16-5-9-19(14)2/h5-6,9-11H,3-4,7-8H2,1-2H3. The fraction of sp³-hybridized carbons (Fsp3) is 0.429. The summed E-state index contributed by atoms with van der Waals surface area (Å²) in [5, 5.41) is 8.34. The maximum Gasteiger partial charge on any atom is 0.161 e. The second-order valence-electron chi connectivity index (χ2n) is 4.97. The summed E-state index contributed by atoms with van der Waals surface area (Å²) in [6.07, 6.45) is 11.4. The van der Waals surface area contributed by atoms with Crippen molar-refractivity contribution in [2.75, 3.05) is 0 Å². The maximum absolute atomic E-state index is 4.33. The number of nitrogens with zero attached hydrogens (tertiary/aromatic N) is 7. The Balaban J connectivity index is 1.59. The van der Waals surface area contributed by atoms with Gasteiger partial charge in [-0.3, -0.25) is 4.68 Å². The predicted molar refractivity (Wildman–Crippen MR) is 78.4 cm³/mol. The van der Waals surface area contributed by atoms with Crippen LogP contribution < -0.4 is 0 Å². The Hall–Kier alpha value is -2.44. The van der Waals surface area contributed by atoms with Crippen LogP contribution in [0.4, 0.5) is 0 Å². The van der Waals surface area contributed by atoms with Gasteiger partial charge in [0.05, 0.1) is 6.20 Å². The summed E-state index contributed by atoms with van der Waals surface area (Å²) >= 11 is 0. The van der Waals surface area contributed by atoms with E-state index in [1.165, 1.54) is 0 Å². The van der Waals surface area contributed by atoms with Crippen molar-refractivity contribution < 1.29 is 0 Å². The molecule has 0 aromatic carbocycles. The van der Waals surface area contributed by atoms with Crippen LogP contribution in [0.2, 0.25) is 0 Å². The van der Waals surface area contributed by atoms with Gasteiger partial charge in [-0.05, 0) is 6.42 Å². The lowest BCUT2D eigenvalue weighted by Crippen LogP contribution is -2.06. The Morgan fingerprint density at radius 2 is 1.95 bits per heavy atom. The monoisotopic (exact) mass is 285 g/mol. The zero-order valence-corrected chi connectivity index (χ0v) is 12.3. The van der Waals surface area contributed by atoms with Crippen molar-refractivity contribution in [3.8, 4) is 11.5 Å². The first-order chi connectivity index (χ1) is 10.3. The minimum Gasteiger partial charge on any atom is -0.335 e. The highest BCUT2D eigenvalue weighted by atomic mass is 15.4. The van der Waals surface area contributed by atoms with Crippen LogP contribution in [0.3, 0.4) is 0 Å². The van der Waals surface area contributed by atoms with Gasteiger partial charge in [-0.15, -0.1) is 5.10 Å². The molecule has 0 aliphatic rings. The van der Waals surface area contributed by atoms with Crippen molar-refractivity contribution in [3.05, 3.63) is 36.8 Å². The van der Waals surface area contributed by atoms with Crippen molar-refractivity contribution in [1.82, 2.24) is 34.1 Å². The molecule has 0 bridgehead atoms. The third kappa shape index (κ3) is 2.86.